The average Bonchev–Trinajstić information content (AvgIpc) is 2.63. The number of benzene rings is 1. The van der Waals surface area contributed by atoms with Gasteiger partial charge >= 0.3 is 0 Å². The van der Waals surface area contributed by atoms with E-state index in [1.807, 2.05) is 32.0 Å². The van der Waals surface area contributed by atoms with Crippen molar-refractivity contribution >= 4 is 34.6 Å². The molecule has 1 aromatic carbocycles. The Morgan fingerprint density at radius 3 is 2.77 bits per heavy atom. The lowest BCUT2D eigenvalue weighted by Crippen LogP contribution is -2.37. The molecule has 5 heteroatoms. The molecule has 0 fully saturated rings. The van der Waals surface area contributed by atoms with Gasteiger partial charge in [-0.2, -0.15) is 0 Å². The van der Waals surface area contributed by atoms with Crippen LogP contribution in [0.1, 0.15) is 25.8 Å². The molecule has 0 radical (unpaired) electrons. The number of hydrogen-bond acceptors (Lipinski definition) is 3. The van der Waals surface area contributed by atoms with Crippen molar-refractivity contribution in [2.45, 2.75) is 26.3 Å². The van der Waals surface area contributed by atoms with Crippen LogP contribution < -0.4 is 4.90 Å². The fraction of sp³-hybridized carbons (Fsp3) is 0.235. The number of nitrogens with zero attached hydrogens (tertiary/aromatic N) is 3. The van der Waals surface area contributed by atoms with Gasteiger partial charge in [0.25, 0.3) is 0 Å². The van der Waals surface area contributed by atoms with Gasteiger partial charge in [0.2, 0.25) is 5.91 Å². The van der Waals surface area contributed by atoms with Crippen molar-refractivity contribution in [3.8, 4) is 0 Å². The first-order valence-electron chi connectivity index (χ1n) is 7.16. The number of amides is 1. The van der Waals surface area contributed by atoms with E-state index in [2.05, 4.69) is 9.98 Å². The van der Waals surface area contributed by atoms with Crippen LogP contribution in [0.3, 0.4) is 0 Å². The monoisotopic (exact) mass is 313 g/mol. The summed E-state index contributed by atoms with van der Waals surface area (Å²) in [5, 5.41) is 0.595. The van der Waals surface area contributed by atoms with Crippen molar-refractivity contribution in [3.63, 3.8) is 0 Å². The molecule has 0 atom stereocenters. The minimum atomic E-state index is 0.0126. The second kappa shape index (κ2) is 5.89. The van der Waals surface area contributed by atoms with Gasteiger partial charge < -0.3 is 4.90 Å². The zero-order chi connectivity index (χ0) is 15.7. The number of aromatic nitrogens is 1. The smallest absolute Gasteiger partial charge is 0.233 e. The quantitative estimate of drug-likeness (QED) is 0.841. The Morgan fingerprint density at radius 2 is 2.09 bits per heavy atom. The van der Waals surface area contributed by atoms with Gasteiger partial charge in [-0.05, 0) is 38.1 Å². The van der Waals surface area contributed by atoms with Gasteiger partial charge in [-0.1, -0.05) is 17.7 Å². The lowest BCUT2D eigenvalue weighted by atomic mass is 10.1. The molecule has 0 N–H and O–H groups in total. The summed E-state index contributed by atoms with van der Waals surface area (Å²) in [6.45, 7) is 3.97. The van der Waals surface area contributed by atoms with E-state index in [0.29, 0.717) is 5.02 Å². The topological polar surface area (TPSA) is 45.6 Å². The van der Waals surface area contributed by atoms with Crippen LogP contribution in [0.25, 0.3) is 0 Å². The van der Waals surface area contributed by atoms with E-state index in [-0.39, 0.29) is 18.4 Å². The molecule has 2 heterocycles. The number of carbonyl (C=O) groups excluding carboxylic acids is 1. The molecule has 0 aliphatic carbocycles. The van der Waals surface area contributed by atoms with E-state index in [9.17, 15) is 4.79 Å². The number of pyridine rings is 1. The molecular formula is C17H16ClN3O. The number of anilines is 1. The SMILES string of the molecule is CC(C)N1C(=O)CC(c2cccnc2)=Nc2ccc(Cl)cc21. The maximum atomic E-state index is 12.7. The van der Waals surface area contributed by atoms with Crippen LogP contribution in [0, 0.1) is 0 Å². The molecular weight excluding hydrogens is 298 g/mol. The highest BCUT2D eigenvalue weighted by Crippen LogP contribution is 2.36. The molecule has 1 aliphatic rings. The molecule has 4 nitrogen and oxygen atoms in total. The highest BCUT2D eigenvalue weighted by atomic mass is 35.5. The van der Waals surface area contributed by atoms with Crippen LogP contribution in [0.5, 0.6) is 0 Å². The van der Waals surface area contributed by atoms with E-state index in [0.717, 1.165) is 22.6 Å². The molecule has 1 aromatic heterocycles. The first kappa shape index (κ1) is 14.7. The van der Waals surface area contributed by atoms with Crippen LogP contribution in [-0.4, -0.2) is 22.6 Å². The van der Waals surface area contributed by atoms with E-state index in [1.54, 1.807) is 29.4 Å². The van der Waals surface area contributed by atoms with Crippen LogP contribution >= 0.6 is 11.6 Å². The zero-order valence-electron chi connectivity index (χ0n) is 12.5. The normalized spacial score (nSPS) is 14.6. The summed E-state index contributed by atoms with van der Waals surface area (Å²) < 4.78 is 0. The highest BCUT2D eigenvalue weighted by molar-refractivity contribution is 6.31. The number of aliphatic imine (C=N–C) groups is 1. The van der Waals surface area contributed by atoms with E-state index in [4.69, 9.17) is 11.6 Å². The predicted octanol–water partition coefficient (Wildman–Crippen LogP) is 4.00. The van der Waals surface area contributed by atoms with Gasteiger partial charge in [0.05, 0.1) is 23.5 Å². The van der Waals surface area contributed by atoms with Crippen molar-refractivity contribution in [1.82, 2.24) is 4.98 Å². The number of rotatable bonds is 2. The lowest BCUT2D eigenvalue weighted by molar-refractivity contribution is -0.117. The van der Waals surface area contributed by atoms with Gasteiger partial charge in [0, 0.05) is 29.0 Å². The largest absolute Gasteiger partial charge is 0.307 e. The van der Waals surface area contributed by atoms with Gasteiger partial charge in [0.15, 0.2) is 0 Å². The van der Waals surface area contributed by atoms with Gasteiger partial charge in [-0.3, -0.25) is 14.8 Å². The fourth-order valence-corrected chi connectivity index (χ4v) is 2.76. The third-order valence-electron chi connectivity index (χ3n) is 3.55. The van der Waals surface area contributed by atoms with Crippen LogP contribution in [-0.2, 0) is 4.79 Å². The predicted molar refractivity (Wildman–Crippen MR) is 89.1 cm³/mol. The molecule has 1 aliphatic heterocycles. The van der Waals surface area contributed by atoms with Crippen molar-refractivity contribution in [2.24, 2.45) is 4.99 Å². The Labute approximate surface area is 134 Å². The highest BCUT2D eigenvalue weighted by Gasteiger charge is 2.27. The van der Waals surface area contributed by atoms with E-state index in [1.165, 1.54) is 0 Å². The van der Waals surface area contributed by atoms with Gasteiger partial charge in [-0.25, -0.2) is 0 Å². The maximum absolute atomic E-state index is 12.7. The summed E-state index contributed by atoms with van der Waals surface area (Å²) in [5.41, 5.74) is 3.10. The molecule has 2 aromatic rings. The first-order valence-corrected chi connectivity index (χ1v) is 7.53. The number of fused-ring (bicyclic) bond motifs is 1. The number of halogens is 1. The van der Waals surface area contributed by atoms with Crippen LogP contribution in [0.15, 0.2) is 47.7 Å². The van der Waals surface area contributed by atoms with Gasteiger partial charge in [-0.15, -0.1) is 0 Å². The second-order valence-corrected chi connectivity index (χ2v) is 5.90. The van der Waals surface area contributed by atoms with Crippen molar-refractivity contribution in [2.75, 3.05) is 4.90 Å². The molecule has 0 saturated heterocycles. The fourth-order valence-electron chi connectivity index (χ4n) is 2.60. The Bertz CT molecular complexity index is 741. The molecule has 112 valence electrons. The molecule has 1 amide bonds. The van der Waals surface area contributed by atoms with Crippen LogP contribution in [0.4, 0.5) is 11.4 Å². The van der Waals surface area contributed by atoms with E-state index >= 15 is 0 Å². The van der Waals surface area contributed by atoms with Crippen molar-refractivity contribution in [1.29, 1.82) is 0 Å². The minimum absolute atomic E-state index is 0.0126. The number of hydrogen-bond donors (Lipinski definition) is 0. The third kappa shape index (κ3) is 2.74. The van der Waals surface area contributed by atoms with Crippen molar-refractivity contribution < 1.29 is 4.79 Å². The lowest BCUT2D eigenvalue weighted by Gasteiger charge is -2.26. The molecule has 0 saturated carbocycles. The molecule has 22 heavy (non-hydrogen) atoms. The zero-order valence-corrected chi connectivity index (χ0v) is 13.2. The third-order valence-corrected chi connectivity index (χ3v) is 3.79. The summed E-state index contributed by atoms with van der Waals surface area (Å²) in [5.74, 6) is 0.0126. The summed E-state index contributed by atoms with van der Waals surface area (Å²) in [6, 6.07) is 9.23. The Morgan fingerprint density at radius 1 is 1.27 bits per heavy atom. The Kier molecular flexibility index (Phi) is 3.94. The average molecular weight is 314 g/mol. The van der Waals surface area contributed by atoms with E-state index < -0.39 is 0 Å². The molecule has 3 rings (SSSR count). The molecule has 0 unspecified atom stereocenters. The van der Waals surface area contributed by atoms with Crippen molar-refractivity contribution in [3.05, 3.63) is 53.3 Å². The Balaban J connectivity index is 2.16. The van der Waals surface area contributed by atoms with Gasteiger partial charge in [0.1, 0.15) is 0 Å². The summed E-state index contributed by atoms with van der Waals surface area (Å²) in [7, 11) is 0. The Hall–Kier alpha value is -2.20. The second-order valence-electron chi connectivity index (χ2n) is 5.47. The minimum Gasteiger partial charge on any atom is -0.307 e. The summed E-state index contributed by atoms with van der Waals surface area (Å²) in [4.78, 5) is 23.3. The summed E-state index contributed by atoms with van der Waals surface area (Å²) in [6.07, 6.45) is 3.68. The maximum Gasteiger partial charge on any atom is 0.233 e. The number of carbonyl (C=O) groups is 1. The first-order chi connectivity index (χ1) is 10.6. The molecule has 0 bridgehead atoms. The molecule has 0 spiro atoms. The standard InChI is InChI=1S/C17H16ClN3O/c1-11(2)21-16-8-13(18)5-6-14(16)20-15(9-17(21)22)12-4-3-7-19-10-12/h3-8,10-11H,9H2,1-2H3. The van der Waals surface area contributed by atoms with Crippen LogP contribution in [0.2, 0.25) is 5.02 Å². The summed E-state index contributed by atoms with van der Waals surface area (Å²) >= 11 is 6.10.